The Morgan fingerprint density at radius 3 is 2.44 bits per heavy atom. The fourth-order valence-corrected chi connectivity index (χ4v) is 1.54. The molecule has 1 rings (SSSR count). The summed E-state index contributed by atoms with van der Waals surface area (Å²) < 4.78 is 0. The van der Waals surface area contributed by atoms with E-state index in [0.29, 0.717) is 6.54 Å². The number of carbonyl (C=O) groups is 1. The number of anilines is 1. The van der Waals surface area contributed by atoms with Crippen LogP contribution < -0.4 is 10.6 Å². The highest BCUT2D eigenvalue weighted by molar-refractivity contribution is 5.81. The highest BCUT2D eigenvalue weighted by Crippen LogP contribution is 2.14. The van der Waals surface area contributed by atoms with E-state index in [1.165, 1.54) is 11.1 Å². The summed E-state index contributed by atoms with van der Waals surface area (Å²) in [5.74, 6) is 0.0279. The zero-order valence-corrected chi connectivity index (χ0v) is 12.1. The molecule has 100 valence electrons. The van der Waals surface area contributed by atoms with Gasteiger partial charge in [-0.2, -0.15) is 0 Å². The first kappa shape index (κ1) is 14.6. The number of benzene rings is 1. The average molecular weight is 248 g/mol. The molecular formula is C15H24N2O. The molecule has 0 aromatic heterocycles. The fraction of sp³-hybridized carbons (Fsp3) is 0.533. The van der Waals surface area contributed by atoms with Crippen LogP contribution in [0.1, 0.15) is 38.3 Å². The van der Waals surface area contributed by atoms with Gasteiger partial charge in [0, 0.05) is 11.2 Å². The summed E-state index contributed by atoms with van der Waals surface area (Å²) in [5.41, 5.74) is 3.34. The van der Waals surface area contributed by atoms with Gasteiger partial charge in [0.25, 0.3) is 0 Å². The van der Waals surface area contributed by atoms with Crippen LogP contribution in [0, 0.1) is 13.8 Å². The number of nitrogens with one attached hydrogen (secondary N) is 2. The molecule has 0 unspecified atom stereocenters. The SMILES string of the molecule is CCC(C)(C)NC(=O)CNc1ccc(C)c(C)c1. The Labute approximate surface area is 110 Å². The summed E-state index contributed by atoms with van der Waals surface area (Å²) in [6, 6.07) is 6.12. The first-order valence-corrected chi connectivity index (χ1v) is 6.46. The zero-order chi connectivity index (χ0) is 13.8. The van der Waals surface area contributed by atoms with Crippen molar-refractivity contribution < 1.29 is 4.79 Å². The van der Waals surface area contributed by atoms with Gasteiger partial charge in [0.15, 0.2) is 0 Å². The lowest BCUT2D eigenvalue weighted by molar-refractivity contribution is -0.121. The van der Waals surface area contributed by atoms with Gasteiger partial charge in [-0.05, 0) is 57.4 Å². The van der Waals surface area contributed by atoms with Crippen molar-refractivity contribution in [3.8, 4) is 0 Å². The van der Waals surface area contributed by atoms with Crippen molar-refractivity contribution in [1.29, 1.82) is 0 Å². The van der Waals surface area contributed by atoms with Crippen molar-refractivity contribution in [3.05, 3.63) is 29.3 Å². The summed E-state index contributed by atoms with van der Waals surface area (Å²) in [6.07, 6.45) is 0.919. The Hall–Kier alpha value is -1.51. The molecule has 0 aliphatic carbocycles. The van der Waals surface area contributed by atoms with Gasteiger partial charge in [0.2, 0.25) is 5.91 Å². The molecule has 0 aliphatic rings. The lowest BCUT2D eigenvalue weighted by Gasteiger charge is -2.24. The second kappa shape index (κ2) is 5.89. The lowest BCUT2D eigenvalue weighted by Crippen LogP contribution is -2.45. The van der Waals surface area contributed by atoms with Crippen LogP contribution in [0.2, 0.25) is 0 Å². The maximum Gasteiger partial charge on any atom is 0.239 e. The highest BCUT2D eigenvalue weighted by Gasteiger charge is 2.17. The minimum Gasteiger partial charge on any atom is -0.376 e. The van der Waals surface area contributed by atoms with E-state index in [-0.39, 0.29) is 11.4 Å². The first-order valence-electron chi connectivity index (χ1n) is 6.46. The van der Waals surface area contributed by atoms with Crippen LogP contribution in [0.25, 0.3) is 0 Å². The van der Waals surface area contributed by atoms with E-state index >= 15 is 0 Å². The van der Waals surface area contributed by atoms with Crippen LogP contribution in [0.15, 0.2) is 18.2 Å². The van der Waals surface area contributed by atoms with Crippen LogP contribution >= 0.6 is 0 Å². The molecule has 1 amide bonds. The van der Waals surface area contributed by atoms with Gasteiger partial charge in [-0.3, -0.25) is 4.79 Å². The van der Waals surface area contributed by atoms with Crippen LogP contribution in [-0.2, 0) is 4.79 Å². The molecule has 3 nitrogen and oxygen atoms in total. The molecule has 18 heavy (non-hydrogen) atoms. The largest absolute Gasteiger partial charge is 0.376 e. The summed E-state index contributed by atoms with van der Waals surface area (Å²) in [5, 5.41) is 6.15. The van der Waals surface area contributed by atoms with E-state index in [9.17, 15) is 4.79 Å². The van der Waals surface area contributed by atoms with Gasteiger partial charge in [0.05, 0.1) is 6.54 Å². The van der Waals surface area contributed by atoms with Crippen molar-refractivity contribution >= 4 is 11.6 Å². The molecule has 1 aromatic carbocycles. The second-order valence-corrected chi connectivity index (χ2v) is 5.44. The summed E-state index contributed by atoms with van der Waals surface area (Å²) in [6.45, 7) is 10.6. The molecule has 0 fully saturated rings. The molecular weight excluding hydrogens is 224 g/mol. The highest BCUT2D eigenvalue weighted by atomic mass is 16.2. The quantitative estimate of drug-likeness (QED) is 0.841. The third-order valence-electron chi connectivity index (χ3n) is 3.32. The third kappa shape index (κ3) is 4.40. The predicted molar refractivity (Wildman–Crippen MR) is 76.9 cm³/mol. The molecule has 0 atom stereocenters. The Bertz CT molecular complexity index is 425. The normalized spacial score (nSPS) is 11.2. The maximum absolute atomic E-state index is 11.8. The van der Waals surface area contributed by atoms with Gasteiger partial charge in [-0.1, -0.05) is 13.0 Å². The number of aryl methyl sites for hydroxylation is 2. The van der Waals surface area contributed by atoms with Gasteiger partial charge in [-0.15, -0.1) is 0 Å². The van der Waals surface area contributed by atoms with Crippen LogP contribution in [0.5, 0.6) is 0 Å². The number of hydrogen-bond acceptors (Lipinski definition) is 2. The fourth-order valence-electron chi connectivity index (χ4n) is 1.54. The maximum atomic E-state index is 11.8. The Morgan fingerprint density at radius 1 is 1.22 bits per heavy atom. The third-order valence-corrected chi connectivity index (χ3v) is 3.32. The molecule has 3 heteroatoms. The number of amides is 1. The van der Waals surface area contributed by atoms with Crippen molar-refractivity contribution in [2.75, 3.05) is 11.9 Å². The molecule has 0 radical (unpaired) electrons. The van der Waals surface area contributed by atoms with E-state index < -0.39 is 0 Å². The number of carbonyl (C=O) groups excluding carboxylic acids is 1. The summed E-state index contributed by atoms with van der Waals surface area (Å²) >= 11 is 0. The van der Waals surface area contributed by atoms with E-state index in [2.05, 4.69) is 43.5 Å². The van der Waals surface area contributed by atoms with Gasteiger partial charge < -0.3 is 10.6 Å². The number of hydrogen-bond donors (Lipinski definition) is 2. The predicted octanol–water partition coefficient (Wildman–Crippen LogP) is 3.02. The van der Waals surface area contributed by atoms with E-state index in [0.717, 1.165) is 12.1 Å². The number of rotatable bonds is 5. The van der Waals surface area contributed by atoms with E-state index in [1.807, 2.05) is 19.9 Å². The summed E-state index contributed by atoms with van der Waals surface area (Å²) in [4.78, 5) is 11.8. The molecule has 0 heterocycles. The van der Waals surface area contributed by atoms with Crippen LogP contribution in [0.3, 0.4) is 0 Å². The lowest BCUT2D eigenvalue weighted by atomic mass is 10.0. The molecule has 0 saturated carbocycles. The van der Waals surface area contributed by atoms with E-state index in [4.69, 9.17) is 0 Å². The van der Waals surface area contributed by atoms with Crippen molar-refractivity contribution in [3.63, 3.8) is 0 Å². The van der Waals surface area contributed by atoms with Crippen molar-refractivity contribution in [1.82, 2.24) is 5.32 Å². The molecule has 0 spiro atoms. The molecule has 0 bridgehead atoms. The van der Waals surface area contributed by atoms with Crippen LogP contribution in [-0.4, -0.2) is 18.0 Å². The minimum absolute atomic E-state index is 0.0279. The summed E-state index contributed by atoms with van der Waals surface area (Å²) in [7, 11) is 0. The average Bonchev–Trinajstić information content (AvgIpc) is 2.30. The Kier molecular flexibility index (Phi) is 4.76. The Morgan fingerprint density at radius 2 is 1.89 bits per heavy atom. The smallest absolute Gasteiger partial charge is 0.239 e. The van der Waals surface area contributed by atoms with Crippen molar-refractivity contribution in [2.45, 2.75) is 46.6 Å². The monoisotopic (exact) mass is 248 g/mol. The van der Waals surface area contributed by atoms with Gasteiger partial charge >= 0.3 is 0 Å². The van der Waals surface area contributed by atoms with E-state index in [1.54, 1.807) is 0 Å². The minimum atomic E-state index is -0.137. The van der Waals surface area contributed by atoms with Gasteiger partial charge in [-0.25, -0.2) is 0 Å². The van der Waals surface area contributed by atoms with Gasteiger partial charge in [0.1, 0.15) is 0 Å². The second-order valence-electron chi connectivity index (χ2n) is 5.44. The standard InChI is InChI=1S/C15H24N2O/c1-6-15(4,5)17-14(18)10-16-13-8-7-11(2)12(3)9-13/h7-9,16H,6,10H2,1-5H3,(H,17,18). The topological polar surface area (TPSA) is 41.1 Å². The molecule has 0 saturated heterocycles. The zero-order valence-electron chi connectivity index (χ0n) is 12.1. The first-order chi connectivity index (χ1) is 8.34. The van der Waals surface area contributed by atoms with Crippen molar-refractivity contribution in [2.24, 2.45) is 0 Å². The Balaban J connectivity index is 2.50. The molecule has 2 N–H and O–H groups in total. The molecule has 1 aromatic rings. The van der Waals surface area contributed by atoms with Crippen LogP contribution in [0.4, 0.5) is 5.69 Å². The molecule has 0 aliphatic heterocycles.